The first-order valence-corrected chi connectivity index (χ1v) is 6.25. The van der Waals surface area contributed by atoms with Gasteiger partial charge in [0.1, 0.15) is 0 Å². The van der Waals surface area contributed by atoms with E-state index in [4.69, 9.17) is 10.5 Å². The van der Waals surface area contributed by atoms with Gasteiger partial charge in [0, 0.05) is 18.8 Å². The second kappa shape index (κ2) is 4.10. The average Bonchev–Trinajstić information content (AvgIpc) is 2.63. The maximum atomic E-state index is 6.18. The van der Waals surface area contributed by atoms with E-state index < -0.39 is 0 Å². The van der Waals surface area contributed by atoms with Crippen LogP contribution in [0.4, 0.5) is 0 Å². The molecule has 1 fully saturated rings. The SMILES string of the molecule is CC1(C)CC(n2cncc2C(C)(C)N)CCO1. The minimum absolute atomic E-state index is 0.0524. The van der Waals surface area contributed by atoms with Crippen molar-refractivity contribution >= 4 is 0 Å². The number of ether oxygens (including phenoxy) is 1. The number of imidazole rings is 1. The van der Waals surface area contributed by atoms with Gasteiger partial charge in [-0.15, -0.1) is 0 Å². The summed E-state index contributed by atoms with van der Waals surface area (Å²) in [5.41, 5.74) is 6.88. The van der Waals surface area contributed by atoms with Crippen LogP contribution in [-0.2, 0) is 10.3 Å². The summed E-state index contributed by atoms with van der Waals surface area (Å²) in [6, 6.07) is 0.444. The number of nitrogens with two attached hydrogens (primary N) is 1. The van der Waals surface area contributed by atoms with Gasteiger partial charge in [-0.25, -0.2) is 4.98 Å². The molecular weight excluding hydrogens is 214 g/mol. The highest BCUT2D eigenvalue weighted by Crippen LogP contribution is 2.34. The van der Waals surface area contributed by atoms with Crippen LogP contribution < -0.4 is 5.73 Å². The Morgan fingerprint density at radius 2 is 2.24 bits per heavy atom. The summed E-state index contributed by atoms with van der Waals surface area (Å²) in [5.74, 6) is 0. The lowest BCUT2D eigenvalue weighted by Gasteiger charge is -2.37. The number of hydrogen-bond donors (Lipinski definition) is 1. The largest absolute Gasteiger partial charge is 0.375 e. The van der Waals surface area contributed by atoms with Crippen LogP contribution in [0.15, 0.2) is 12.5 Å². The first-order chi connectivity index (χ1) is 7.80. The molecule has 2 N–H and O–H groups in total. The fraction of sp³-hybridized carbons (Fsp3) is 0.769. The molecule has 96 valence electrons. The van der Waals surface area contributed by atoms with E-state index >= 15 is 0 Å². The van der Waals surface area contributed by atoms with E-state index in [0.717, 1.165) is 25.1 Å². The predicted molar refractivity (Wildman–Crippen MR) is 67.7 cm³/mol. The minimum Gasteiger partial charge on any atom is -0.375 e. The summed E-state index contributed by atoms with van der Waals surface area (Å²) >= 11 is 0. The monoisotopic (exact) mass is 237 g/mol. The van der Waals surface area contributed by atoms with E-state index in [-0.39, 0.29) is 11.1 Å². The lowest BCUT2D eigenvalue weighted by Crippen LogP contribution is -2.38. The Balaban J connectivity index is 2.26. The van der Waals surface area contributed by atoms with Crippen molar-refractivity contribution in [2.24, 2.45) is 5.73 Å². The number of rotatable bonds is 2. The van der Waals surface area contributed by atoms with Crippen molar-refractivity contribution < 1.29 is 4.74 Å². The third-order valence-corrected chi connectivity index (χ3v) is 3.39. The van der Waals surface area contributed by atoms with Crippen molar-refractivity contribution in [2.45, 2.75) is 57.7 Å². The summed E-state index contributed by atoms with van der Waals surface area (Å²) in [6.07, 6.45) is 5.81. The summed E-state index contributed by atoms with van der Waals surface area (Å²) in [5, 5.41) is 0. The topological polar surface area (TPSA) is 53.1 Å². The highest BCUT2D eigenvalue weighted by Gasteiger charge is 2.32. The molecule has 1 aromatic rings. The molecule has 2 heterocycles. The van der Waals surface area contributed by atoms with Crippen LogP contribution >= 0.6 is 0 Å². The van der Waals surface area contributed by atoms with Crippen molar-refractivity contribution in [1.29, 1.82) is 0 Å². The average molecular weight is 237 g/mol. The second-order valence-corrected chi connectivity index (χ2v) is 6.16. The second-order valence-electron chi connectivity index (χ2n) is 6.16. The molecule has 1 aliphatic rings. The quantitative estimate of drug-likeness (QED) is 0.858. The lowest BCUT2D eigenvalue weighted by molar-refractivity contribution is -0.0697. The van der Waals surface area contributed by atoms with Crippen molar-refractivity contribution in [3.05, 3.63) is 18.2 Å². The van der Waals surface area contributed by atoms with Crippen LogP contribution in [0.5, 0.6) is 0 Å². The summed E-state index contributed by atoms with van der Waals surface area (Å²) in [4.78, 5) is 4.25. The van der Waals surface area contributed by atoms with Gasteiger partial charge in [0.25, 0.3) is 0 Å². The Bertz CT molecular complexity index is 390. The zero-order valence-electron chi connectivity index (χ0n) is 11.2. The predicted octanol–water partition coefficient (Wildman–Crippen LogP) is 2.21. The van der Waals surface area contributed by atoms with E-state index in [0.29, 0.717) is 6.04 Å². The van der Waals surface area contributed by atoms with Crippen LogP contribution in [0.2, 0.25) is 0 Å². The van der Waals surface area contributed by atoms with Crippen molar-refractivity contribution in [3.63, 3.8) is 0 Å². The molecule has 0 amide bonds. The van der Waals surface area contributed by atoms with Crippen LogP contribution in [0.25, 0.3) is 0 Å². The molecule has 1 aliphatic heterocycles. The van der Waals surface area contributed by atoms with Crippen LogP contribution in [0.3, 0.4) is 0 Å². The molecule has 2 rings (SSSR count). The number of nitrogens with zero attached hydrogens (tertiary/aromatic N) is 2. The van der Waals surface area contributed by atoms with E-state index in [1.54, 1.807) is 0 Å². The van der Waals surface area contributed by atoms with Gasteiger partial charge in [-0.3, -0.25) is 0 Å². The summed E-state index contributed by atoms with van der Waals surface area (Å²) in [6.45, 7) is 9.13. The van der Waals surface area contributed by atoms with Crippen LogP contribution in [0.1, 0.15) is 52.3 Å². The highest BCUT2D eigenvalue weighted by atomic mass is 16.5. The van der Waals surface area contributed by atoms with Gasteiger partial charge in [0.15, 0.2) is 0 Å². The van der Waals surface area contributed by atoms with Gasteiger partial charge < -0.3 is 15.0 Å². The third kappa shape index (κ3) is 2.69. The maximum Gasteiger partial charge on any atom is 0.0951 e. The van der Waals surface area contributed by atoms with E-state index in [9.17, 15) is 0 Å². The molecule has 4 nitrogen and oxygen atoms in total. The number of hydrogen-bond acceptors (Lipinski definition) is 3. The van der Waals surface area contributed by atoms with Gasteiger partial charge in [0.05, 0.1) is 23.2 Å². The molecule has 0 aliphatic carbocycles. The summed E-state index contributed by atoms with van der Waals surface area (Å²) in [7, 11) is 0. The van der Waals surface area contributed by atoms with Crippen LogP contribution in [-0.4, -0.2) is 21.8 Å². The zero-order chi connectivity index (χ0) is 12.7. The number of aromatic nitrogens is 2. The molecule has 1 aromatic heterocycles. The first kappa shape index (κ1) is 12.6. The Kier molecular flexibility index (Phi) is 3.04. The molecule has 0 aromatic carbocycles. The molecule has 4 heteroatoms. The molecular formula is C13H23N3O. The normalized spacial score (nSPS) is 24.9. The molecule has 1 unspecified atom stereocenters. The third-order valence-electron chi connectivity index (χ3n) is 3.39. The Hall–Kier alpha value is -0.870. The summed E-state index contributed by atoms with van der Waals surface area (Å²) < 4.78 is 7.98. The molecule has 0 radical (unpaired) electrons. The molecule has 0 spiro atoms. The fourth-order valence-corrected chi connectivity index (χ4v) is 2.53. The zero-order valence-corrected chi connectivity index (χ0v) is 11.2. The van der Waals surface area contributed by atoms with E-state index in [2.05, 4.69) is 23.4 Å². The molecule has 0 saturated carbocycles. The smallest absolute Gasteiger partial charge is 0.0951 e. The fourth-order valence-electron chi connectivity index (χ4n) is 2.53. The molecule has 17 heavy (non-hydrogen) atoms. The maximum absolute atomic E-state index is 6.18. The van der Waals surface area contributed by atoms with Crippen LogP contribution in [0, 0.1) is 0 Å². The van der Waals surface area contributed by atoms with Gasteiger partial charge in [-0.05, 0) is 40.5 Å². The van der Waals surface area contributed by atoms with Gasteiger partial charge >= 0.3 is 0 Å². The van der Waals surface area contributed by atoms with Gasteiger partial charge in [-0.2, -0.15) is 0 Å². The first-order valence-electron chi connectivity index (χ1n) is 6.25. The van der Waals surface area contributed by atoms with E-state index in [1.165, 1.54) is 0 Å². The molecule has 1 atom stereocenters. The van der Waals surface area contributed by atoms with E-state index in [1.807, 2.05) is 26.4 Å². The highest BCUT2D eigenvalue weighted by molar-refractivity contribution is 5.11. The Morgan fingerprint density at radius 1 is 1.53 bits per heavy atom. The van der Waals surface area contributed by atoms with Crippen molar-refractivity contribution in [2.75, 3.05) is 6.61 Å². The Morgan fingerprint density at radius 3 is 2.82 bits per heavy atom. The van der Waals surface area contributed by atoms with Gasteiger partial charge in [0.2, 0.25) is 0 Å². The minimum atomic E-state index is -0.348. The lowest BCUT2D eigenvalue weighted by atomic mass is 9.92. The molecule has 0 bridgehead atoms. The molecule has 1 saturated heterocycles. The Labute approximate surface area is 103 Å². The van der Waals surface area contributed by atoms with Crippen molar-refractivity contribution in [3.8, 4) is 0 Å². The van der Waals surface area contributed by atoms with Gasteiger partial charge in [-0.1, -0.05) is 0 Å². The standard InChI is InChI=1S/C13H23N3O/c1-12(2)7-10(5-6-17-12)16-9-15-8-11(16)13(3,4)14/h8-10H,5-7,14H2,1-4H3. The van der Waals surface area contributed by atoms with Crippen molar-refractivity contribution in [1.82, 2.24) is 9.55 Å².